The van der Waals surface area contributed by atoms with E-state index in [1.165, 1.54) is 12.8 Å². The fourth-order valence-corrected chi connectivity index (χ4v) is 2.89. The highest BCUT2D eigenvalue weighted by atomic mass is 35.5. The lowest BCUT2D eigenvalue weighted by Crippen LogP contribution is -2.41. The van der Waals surface area contributed by atoms with Gasteiger partial charge in [0.05, 0.1) is 0 Å². The van der Waals surface area contributed by atoms with Gasteiger partial charge in [0, 0.05) is 18.1 Å². The van der Waals surface area contributed by atoms with E-state index in [0.29, 0.717) is 5.75 Å². The molecule has 0 bridgehead atoms. The number of aryl methyl sites for hydroxylation is 2. The Balaban J connectivity index is 2.03. The number of hydrogen-bond acceptors (Lipinski definition) is 2. The van der Waals surface area contributed by atoms with E-state index in [0.717, 1.165) is 42.1 Å². The van der Waals surface area contributed by atoms with E-state index in [-0.39, 0.29) is 5.91 Å². The SMILES string of the molecule is Cc1cc(O[C@H](C)C(=O)N2CCCCCC2)cc(C)c1Cl. The standard InChI is InChI=1S/C17H24ClNO2/c1-12-10-15(11-13(2)16(12)18)21-14(3)17(20)19-8-6-4-5-7-9-19/h10-11,14H,4-9H2,1-3H3/t14-/m1/s1. The summed E-state index contributed by atoms with van der Waals surface area (Å²) in [6.07, 6.45) is 4.17. The monoisotopic (exact) mass is 309 g/mol. The predicted octanol–water partition coefficient (Wildman–Crippen LogP) is 4.13. The molecule has 0 aromatic heterocycles. The molecule has 1 aliphatic heterocycles. The molecule has 1 aromatic carbocycles. The van der Waals surface area contributed by atoms with Crippen molar-refractivity contribution in [2.24, 2.45) is 0 Å². The predicted molar refractivity (Wildman–Crippen MR) is 86.1 cm³/mol. The largest absolute Gasteiger partial charge is 0.481 e. The van der Waals surface area contributed by atoms with E-state index in [2.05, 4.69) is 0 Å². The fourth-order valence-electron chi connectivity index (χ4n) is 2.78. The van der Waals surface area contributed by atoms with Crippen LogP contribution in [0, 0.1) is 13.8 Å². The molecule has 0 unspecified atom stereocenters. The molecular formula is C17H24ClNO2. The van der Waals surface area contributed by atoms with E-state index in [1.54, 1.807) is 0 Å². The number of carbonyl (C=O) groups excluding carboxylic acids is 1. The van der Waals surface area contributed by atoms with Crippen LogP contribution in [-0.2, 0) is 4.79 Å². The first-order chi connectivity index (χ1) is 9.99. The third-order valence-corrected chi connectivity index (χ3v) is 4.58. The Morgan fingerprint density at radius 2 is 1.67 bits per heavy atom. The first-order valence-corrected chi connectivity index (χ1v) is 8.09. The number of amides is 1. The van der Waals surface area contributed by atoms with Crippen LogP contribution >= 0.6 is 11.6 Å². The second-order valence-corrected chi connectivity index (χ2v) is 6.25. The highest BCUT2D eigenvalue weighted by Crippen LogP contribution is 2.26. The molecule has 4 heteroatoms. The Bertz CT molecular complexity index is 485. The van der Waals surface area contributed by atoms with E-state index < -0.39 is 6.10 Å². The molecule has 1 aliphatic rings. The molecule has 0 saturated carbocycles. The topological polar surface area (TPSA) is 29.5 Å². The molecule has 1 saturated heterocycles. The number of rotatable bonds is 3. The van der Waals surface area contributed by atoms with Crippen LogP contribution in [0.25, 0.3) is 0 Å². The van der Waals surface area contributed by atoms with E-state index in [4.69, 9.17) is 16.3 Å². The summed E-state index contributed by atoms with van der Waals surface area (Å²) in [5, 5.41) is 0.758. The minimum absolute atomic E-state index is 0.0853. The van der Waals surface area contributed by atoms with Crippen molar-refractivity contribution >= 4 is 17.5 Å². The Morgan fingerprint density at radius 1 is 1.14 bits per heavy atom. The first-order valence-electron chi connectivity index (χ1n) is 7.71. The van der Waals surface area contributed by atoms with Crippen LogP contribution in [0.4, 0.5) is 0 Å². The maximum absolute atomic E-state index is 12.5. The molecular weight excluding hydrogens is 286 g/mol. The Morgan fingerprint density at radius 3 is 2.19 bits per heavy atom. The summed E-state index contributed by atoms with van der Waals surface area (Å²) >= 11 is 6.16. The van der Waals surface area contributed by atoms with Gasteiger partial charge in [-0.3, -0.25) is 4.79 Å². The van der Waals surface area contributed by atoms with Crippen molar-refractivity contribution in [2.45, 2.75) is 52.6 Å². The number of carbonyl (C=O) groups is 1. The summed E-state index contributed by atoms with van der Waals surface area (Å²) in [5.41, 5.74) is 1.95. The zero-order chi connectivity index (χ0) is 15.4. The smallest absolute Gasteiger partial charge is 0.263 e. The summed E-state index contributed by atoms with van der Waals surface area (Å²) in [4.78, 5) is 14.4. The minimum Gasteiger partial charge on any atom is -0.481 e. The number of benzene rings is 1. The van der Waals surface area contributed by atoms with Gasteiger partial charge in [0.25, 0.3) is 5.91 Å². The lowest BCUT2D eigenvalue weighted by Gasteiger charge is -2.24. The summed E-state index contributed by atoms with van der Waals surface area (Å²) in [6, 6.07) is 3.78. The fraction of sp³-hybridized carbons (Fsp3) is 0.588. The summed E-state index contributed by atoms with van der Waals surface area (Å²) in [5.74, 6) is 0.798. The lowest BCUT2D eigenvalue weighted by atomic mass is 10.1. The van der Waals surface area contributed by atoms with Crippen LogP contribution in [0.5, 0.6) is 5.75 Å². The molecule has 21 heavy (non-hydrogen) atoms. The van der Waals surface area contributed by atoms with Gasteiger partial charge < -0.3 is 9.64 Å². The number of hydrogen-bond donors (Lipinski definition) is 0. The number of likely N-dealkylation sites (tertiary alicyclic amines) is 1. The molecule has 1 heterocycles. The van der Waals surface area contributed by atoms with E-state index >= 15 is 0 Å². The normalized spacial score (nSPS) is 17.2. The molecule has 1 atom stereocenters. The van der Waals surface area contributed by atoms with Crippen LogP contribution in [0.3, 0.4) is 0 Å². The average Bonchev–Trinajstić information content (AvgIpc) is 2.72. The van der Waals surface area contributed by atoms with E-state index in [9.17, 15) is 4.79 Å². The zero-order valence-electron chi connectivity index (χ0n) is 13.1. The Kier molecular flexibility index (Phi) is 5.51. The summed E-state index contributed by atoms with van der Waals surface area (Å²) < 4.78 is 5.84. The van der Waals surface area contributed by atoms with Gasteiger partial charge in [-0.1, -0.05) is 24.4 Å². The first kappa shape index (κ1) is 16.2. The zero-order valence-corrected chi connectivity index (χ0v) is 13.9. The molecule has 1 fully saturated rings. The van der Waals surface area contributed by atoms with Crippen molar-refractivity contribution in [1.82, 2.24) is 4.90 Å². The van der Waals surface area contributed by atoms with Crippen LogP contribution < -0.4 is 4.74 Å². The highest BCUT2D eigenvalue weighted by Gasteiger charge is 2.23. The third kappa shape index (κ3) is 4.13. The molecule has 0 spiro atoms. The molecule has 1 aromatic rings. The number of nitrogens with zero attached hydrogens (tertiary/aromatic N) is 1. The van der Waals surface area contributed by atoms with Gasteiger partial charge in [0.2, 0.25) is 0 Å². The van der Waals surface area contributed by atoms with Crippen molar-refractivity contribution in [3.05, 3.63) is 28.3 Å². The van der Waals surface area contributed by atoms with Crippen LogP contribution in [-0.4, -0.2) is 30.0 Å². The minimum atomic E-state index is -0.455. The Hall–Kier alpha value is -1.22. The summed E-state index contributed by atoms with van der Waals surface area (Å²) in [6.45, 7) is 7.43. The van der Waals surface area contributed by atoms with Crippen LogP contribution in [0.2, 0.25) is 5.02 Å². The molecule has 0 N–H and O–H groups in total. The van der Waals surface area contributed by atoms with Gasteiger partial charge in [0.15, 0.2) is 6.10 Å². The Labute approximate surface area is 132 Å². The molecule has 0 aliphatic carbocycles. The van der Waals surface area contributed by atoms with Crippen molar-refractivity contribution in [1.29, 1.82) is 0 Å². The van der Waals surface area contributed by atoms with Crippen molar-refractivity contribution in [2.75, 3.05) is 13.1 Å². The number of ether oxygens (including phenoxy) is 1. The quantitative estimate of drug-likeness (QED) is 0.840. The van der Waals surface area contributed by atoms with Crippen molar-refractivity contribution < 1.29 is 9.53 Å². The third-order valence-electron chi connectivity index (χ3n) is 3.99. The molecule has 3 nitrogen and oxygen atoms in total. The summed E-state index contributed by atoms with van der Waals surface area (Å²) in [7, 11) is 0. The maximum Gasteiger partial charge on any atom is 0.263 e. The second kappa shape index (κ2) is 7.17. The molecule has 116 valence electrons. The van der Waals surface area contributed by atoms with E-state index in [1.807, 2.05) is 37.8 Å². The highest BCUT2D eigenvalue weighted by molar-refractivity contribution is 6.32. The average molecular weight is 310 g/mol. The lowest BCUT2D eigenvalue weighted by molar-refractivity contribution is -0.137. The van der Waals surface area contributed by atoms with Crippen LogP contribution in [0.15, 0.2) is 12.1 Å². The second-order valence-electron chi connectivity index (χ2n) is 5.87. The van der Waals surface area contributed by atoms with Crippen molar-refractivity contribution in [3.8, 4) is 5.75 Å². The molecule has 2 rings (SSSR count). The van der Waals surface area contributed by atoms with Crippen LogP contribution in [0.1, 0.15) is 43.7 Å². The van der Waals surface area contributed by atoms with Gasteiger partial charge in [-0.2, -0.15) is 0 Å². The van der Waals surface area contributed by atoms with Crippen molar-refractivity contribution in [3.63, 3.8) is 0 Å². The van der Waals surface area contributed by atoms with Gasteiger partial charge in [-0.15, -0.1) is 0 Å². The van der Waals surface area contributed by atoms with Gasteiger partial charge in [0.1, 0.15) is 5.75 Å². The van der Waals surface area contributed by atoms with Gasteiger partial charge in [-0.25, -0.2) is 0 Å². The molecule has 0 radical (unpaired) electrons. The number of halogens is 1. The van der Waals surface area contributed by atoms with Gasteiger partial charge >= 0.3 is 0 Å². The van der Waals surface area contributed by atoms with Gasteiger partial charge in [-0.05, 0) is 56.9 Å². The molecule has 1 amide bonds. The maximum atomic E-state index is 12.5.